The topological polar surface area (TPSA) is 58.6 Å². The summed E-state index contributed by atoms with van der Waals surface area (Å²) in [5, 5.41) is 5.02. The van der Waals surface area contributed by atoms with Gasteiger partial charge in [-0.3, -0.25) is 0 Å². The van der Waals surface area contributed by atoms with E-state index in [1.54, 1.807) is 6.07 Å². The Morgan fingerprint density at radius 2 is 2.26 bits per heavy atom. The number of sulfonamides is 1. The molecule has 1 aliphatic rings. The van der Waals surface area contributed by atoms with Gasteiger partial charge in [0.2, 0.25) is 10.0 Å². The van der Waals surface area contributed by atoms with E-state index in [1.807, 2.05) is 12.3 Å². The van der Waals surface area contributed by atoms with Crippen LogP contribution in [-0.2, 0) is 21.3 Å². The number of hydrogen-bond donors (Lipinski definition) is 1. The molecule has 5 nitrogen and oxygen atoms in total. The summed E-state index contributed by atoms with van der Waals surface area (Å²) in [5.41, 5.74) is 0. The summed E-state index contributed by atoms with van der Waals surface area (Å²) in [4.78, 5) is 1.33. The van der Waals surface area contributed by atoms with E-state index in [0.717, 1.165) is 17.8 Å². The number of ether oxygens (including phenoxy) is 1. The molecule has 0 spiro atoms. The number of nitrogens with one attached hydrogen (secondary N) is 1. The van der Waals surface area contributed by atoms with Gasteiger partial charge in [-0.05, 0) is 24.4 Å². The first-order valence-electron chi connectivity index (χ1n) is 6.51. The standard InChI is InChI=1S/C12H20N2O3S2/c1-2-13-10-11-12(4-9-18-11)19(15,16)14-5-3-7-17-8-6-14/h4,9,13H,2-3,5-8,10H2,1H3. The molecular weight excluding hydrogens is 284 g/mol. The number of thiophene rings is 1. The van der Waals surface area contributed by atoms with Crippen molar-refractivity contribution in [3.63, 3.8) is 0 Å². The van der Waals surface area contributed by atoms with Crippen LogP contribution in [-0.4, -0.2) is 45.6 Å². The molecule has 0 aliphatic carbocycles. The molecule has 7 heteroatoms. The van der Waals surface area contributed by atoms with E-state index in [4.69, 9.17) is 4.74 Å². The van der Waals surface area contributed by atoms with Crippen molar-refractivity contribution in [3.05, 3.63) is 16.3 Å². The number of nitrogens with zero attached hydrogens (tertiary/aromatic N) is 1. The average molecular weight is 304 g/mol. The van der Waals surface area contributed by atoms with Gasteiger partial charge in [0.15, 0.2) is 0 Å². The molecular formula is C12H20N2O3S2. The minimum Gasteiger partial charge on any atom is -0.380 e. The summed E-state index contributed by atoms with van der Waals surface area (Å²) in [5.74, 6) is 0. The van der Waals surface area contributed by atoms with Gasteiger partial charge in [0.25, 0.3) is 0 Å². The third kappa shape index (κ3) is 3.55. The SMILES string of the molecule is CCNCc1sccc1S(=O)(=O)N1CCCOCC1. The normalized spacial score (nSPS) is 18.4. The van der Waals surface area contributed by atoms with Crippen molar-refractivity contribution in [2.45, 2.75) is 24.8 Å². The van der Waals surface area contributed by atoms with E-state index < -0.39 is 10.0 Å². The van der Waals surface area contributed by atoms with Crippen molar-refractivity contribution < 1.29 is 13.2 Å². The Morgan fingerprint density at radius 3 is 3.05 bits per heavy atom. The quantitative estimate of drug-likeness (QED) is 0.890. The zero-order valence-electron chi connectivity index (χ0n) is 11.1. The van der Waals surface area contributed by atoms with Gasteiger partial charge in [-0.15, -0.1) is 11.3 Å². The molecule has 0 aromatic carbocycles. The zero-order chi connectivity index (χ0) is 13.7. The molecule has 1 saturated heterocycles. The van der Waals surface area contributed by atoms with Crippen LogP contribution < -0.4 is 5.32 Å². The Balaban J connectivity index is 2.20. The highest BCUT2D eigenvalue weighted by atomic mass is 32.2. The van der Waals surface area contributed by atoms with Gasteiger partial charge >= 0.3 is 0 Å². The zero-order valence-corrected chi connectivity index (χ0v) is 12.7. The summed E-state index contributed by atoms with van der Waals surface area (Å²) in [6, 6.07) is 1.71. The largest absolute Gasteiger partial charge is 0.380 e. The number of rotatable bonds is 5. The first-order valence-corrected chi connectivity index (χ1v) is 8.83. The molecule has 1 aromatic rings. The predicted molar refractivity (Wildman–Crippen MR) is 75.9 cm³/mol. The minimum atomic E-state index is -3.38. The second kappa shape index (κ2) is 6.81. The maximum absolute atomic E-state index is 12.6. The molecule has 0 bridgehead atoms. The van der Waals surface area contributed by atoms with Gasteiger partial charge in [0, 0.05) is 31.1 Å². The summed E-state index contributed by atoms with van der Waals surface area (Å²) in [6.07, 6.45) is 0.756. The molecule has 2 rings (SSSR count). The van der Waals surface area contributed by atoms with Crippen molar-refractivity contribution in [2.75, 3.05) is 32.8 Å². The van der Waals surface area contributed by atoms with Crippen molar-refractivity contribution in [2.24, 2.45) is 0 Å². The van der Waals surface area contributed by atoms with Crippen LogP contribution in [0, 0.1) is 0 Å². The molecule has 108 valence electrons. The molecule has 0 atom stereocenters. The lowest BCUT2D eigenvalue weighted by Crippen LogP contribution is -2.33. The second-order valence-electron chi connectivity index (χ2n) is 4.36. The Morgan fingerprint density at radius 1 is 1.42 bits per heavy atom. The molecule has 19 heavy (non-hydrogen) atoms. The molecule has 0 saturated carbocycles. The highest BCUT2D eigenvalue weighted by Gasteiger charge is 2.28. The van der Waals surface area contributed by atoms with Crippen LogP contribution in [0.4, 0.5) is 0 Å². The lowest BCUT2D eigenvalue weighted by molar-refractivity contribution is 0.148. The van der Waals surface area contributed by atoms with Crippen LogP contribution in [0.2, 0.25) is 0 Å². The van der Waals surface area contributed by atoms with E-state index in [9.17, 15) is 8.42 Å². The molecule has 1 fully saturated rings. The van der Waals surface area contributed by atoms with Gasteiger partial charge in [0.05, 0.1) is 11.5 Å². The summed E-state index contributed by atoms with van der Waals surface area (Å²) in [6.45, 7) is 5.54. The smallest absolute Gasteiger partial charge is 0.244 e. The van der Waals surface area contributed by atoms with Gasteiger partial charge < -0.3 is 10.1 Å². The molecule has 0 unspecified atom stereocenters. The number of hydrogen-bond acceptors (Lipinski definition) is 5. The maximum atomic E-state index is 12.6. The van der Waals surface area contributed by atoms with Crippen LogP contribution in [0.25, 0.3) is 0 Å². The van der Waals surface area contributed by atoms with E-state index in [-0.39, 0.29) is 0 Å². The lowest BCUT2D eigenvalue weighted by Gasteiger charge is -2.19. The highest BCUT2D eigenvalue weighted by molar-refractivity contribution is 7.89. The van der Waals surface area contributed by atoms with E-state index in [0.29, 0.717) is 37.7 Å². The Hall–Kier alpha value is -0.470. The fraction of sp³-hybridized carbons (Fsp3) is 0.667. The minimum absolute atomic E-state index is 0.443. The Labute approximate surface area is 118 Å². The van der Waals surface area contributed by atoms with Gasteiger partial charge in [-0.25, -0.2) is 8.42 Å². The summed E-state index contributed by atoms with van der Waals surface area (Å²) in [7, 11) is -3.38. The fourth-order valence-corrected chi connectivity index (χ4v) is 4.88. The van der Waals surface area contributed by atoms with Gasteiger partial charge in [-0.2, -0.15) is 4.31 Å². The van der Waals surface area contributed by atoms with Crippen molar-refractivity contribution in [3.8, 4) is 0 Å². The Bertz CT molecular complexity index is 491. The monoisotopic (exact) mass is 304 g/mol. The molecule has 0 radical (unpaired) electrons. The van der Waals surface area contributed by atoms with E-state index in [2.05, 4.69) is 5.32 Å². The molecule has 1 aliphatic heterocycles. The average Bonchev–Trinajstić information content (AvgIpc) is 2.69. The van der Waals surface area contributed by atoms with E-state index in [1.165, 1.54) is 15.6 Å². The van der Waals surface area contributed by atoms with Crippen LogP contribution in [0.15, 0.2) is 16.3 Å². The molecule has 1 N–H and O–H groups in total. The van der Waals surface area contributed by atoms with Crippen LogP contribution >= 0.6 is 11.3 Å². The highest BCUT2D eigenvalue weighted by Crippen LogP contribution is 2.25. The lowest BCUT2D eigenvalue weighted by atomic mass is 10.4. The maximum Gasteiger partial charge on any atom is 0.244 e. The molecule has 1 aromatic heterocycles. The summed E-state index contributed by atoms with van der Waals surface area (Å²) >= 11 is 1.49. The molecule has 2 heterocycles. The fourth-order valence-electron chi connectivity index (χ4n) is 2.03. The van der Waals surface area contributed by atoms with Crippen molar-refractivity contribution >= 4 is 21.4 Å². The van der Waals surface area contributed by atoms with Gasteiger partial charge in [-0.1, -0.05) is 6.92 Å². The van der Waals surface area contributed by atoms with Crippen LogP contribution in [0.3, 0.4) is 0 Å². The first-order chi connectivity index (χ1) is 9.16. The third-order valence-corrected chi connectivity index (χ3v) is 6.07. The van der Waals surface area contributed by atoms with Crippen molar-refractivity contribution in [1.29, 1.82) is 0 Å². The van der Waals surface area contributed by atoms with Crippen LogP contribution in [0.1, 0.15) is 18.2 Å². The summed E-state index contributed by atoms with van der Waals surface area (Å²) < 4.78 is 32.1. The van der Waals surface area contributed by atoms with E-state index >= 15 is 0 Å². The van der Waals surface area contributed by atoms with Crippen molar-refractivity contribution in [1.82, 2.24) is 9.62 Å². The third-order valence-electron chi connectivity index (χ3n) is 3.04. The molecule has 0 amide bonds. The van der Waals surface area contributed by atoms with Gasteiger partial charge in [0.1, 0.15) is 0 Å². The Kier molecular flexibility index (Phi) is 5.35. The first kappa shape index (κ1) is 14.9. The second-order valence-corrected chi connectivity index (χ2v) is 7.27. The predicted octanol–water partition coefficient (Wildman–Crippen LogP) is 1.27. The van der Waals surface area contributed by atoms with Crippen LogP contribution in [0.5, 0.6) is 0 Å².